The van der Waals surface area contributed by atoms with Gasteiger partial charge in [-0.3, -0.25) is 0 Å². The summed E-state index contributed by atoms with van der Waals surface area (Å²) in [4.78, 5) is 36.6. The fourth-order valence-electron chi connectivity index (χ4n) is 2.03. The molecule has 0 N–H and O–H groups in total. The number of hydrogen-bond acceptors (Lipinski definition) is 7. The maximum atomic E-state index is 12.9. The molecule has 8 heteroatoms. The van der Waals surface area contributed by atoms with Gasteiger partial charge in [-0.05, 0) is 38.5 Å². The molecular formula is C21H33O7P. The maximum Gasteiger partial charge on any atom is 0.654 e. The van der Waals surface area contributed by atoms with Crippen LogP contribution in [0, 0.1) is 0 Å². The first-order valence-electron chi connectivity index (χ1n) is 9.95. The maximum absolute atomic E-state index is 12.9. The fraction of sp³-hybridized carbons (Fsp3) is 0.571. The van der Waals surface area contributed by atoms with Crippen LogP contribution >= 0.6 is 7.82 Å². The van der Waals surface area contributed by atoms with Crippen LogP contribution in [0.25, 0.3) is 0 Å². The Morgan fingerprint density at radius 1 is 0.621 bits per heavy atom. The Kier molecular flexibility index (Phi) is 12.9. The minimum absolute atomic E-state index is 0.0359. The van der Waals surface area contributed by atoms with Crippen LogP contribution in [0.2, 0.25) is 0 Å². The van der Waals surface area contributed by atoms with Crippen LogP contribution in [0.15, 0.2) is 36.5 Å². The minimum Gasteiger partial charge on any atom is -0.348 e. The smallest absolute Gasteiger partial charge is 0.348 e. The van der Waals surface area contributed by atoms with E-state index in [1.54, 1.807) is 0 Å². The number of carbonyl (C=O) groups excluding carboxylic acids is 3. The standard InChI is InChI=1S/C21H33O7P/c1-7-10-13-16(4)19(22)26-29(25,27-20(23)17(5)14-11-8-2)28-21(24)18(6)15-12-9-3/h4-15H2,1-3H3. The third-order valence-corrected chi connectivity index (χ3v) is 5.11. The van der Waals surface area contributed by atoms with Gasteiger partial charge in [0.15, 0.2) is 0 Å². The first kappa shape index (κ1) is 26.9. The van der Waals surface area contributed by atoms with Crippen LogP contribution in [0.4, 0.5) is 0 Å². The zero-order chi connectivity index (χ0) is 22.4. The zero-order valence-corrected chi connectivity index (χ0v) is 18.7. The van der Waals surface area contributed by atoms with E-state index in [-0.39, 0.29) is 16.7 Å². The molecule has 0 fully saturated rings. The molecule has 29 heavy (non-hydrogen) atoms. The molecule has 0 aliphatic carbocycles. The summed E-state index contributed by atoms with van der Waals surface area (Å²) in [7, 11) is -4.88. The highest BCUT2D eigenvalue weighted by Gasteiger charge is 2.40. The van der Waals surface area contributed by atoms with E-state index in [9.17, 15) is 18.9 Å². The van der Waals surface area contributed by atoms with Gasteiger partial charge >= 0.3 is 25.7 Å². The Labute approximate surface area is 173 Å². The molecule has 0 bridgehead atoms. The molecule has 0 atom stereocenters. The highest BCUT2D eigenvalue weighted by Crippen LogP contribution is 2.51. The molecule has 0 heterocycles. The van der Waals surface area contributed by atoms with E-state index in [0.717, 1.165) is 19.3 Å². The van der Waals surface area contributed by atoms with Crippen molar-refractivity contribution in [2.75, 3.05) is 0 Å². The quantitative estimate of drug-likeness (QED) is 0.234. The Bertz CT molecular complexity index is 588. The fourth-order valence-corrected chi connectivity index (χ4v) is 3.14. The molecule has 0 radical (unpaired) electrons. The van der Waals surface area contributed by atoms with Crippen LogP contribution in [-0.4, -0.2) is 17.9 Å². The lowest BCUT2D eigenvalue weighted by atomic mass is 10.1. The lowest BCUT2D eigenvalue weighted by Crippen LogP contribution is -2.16. The van der Waals surface area contributed by atoms with E-state index in [0.29, 0.717) is 38.5 Å². The van der Waals surface area contributed by atoms with Crippen molar-refractivity contribution in [3.8, 4) is 0 Å². The van der Waals surface area contributed by atoms with Gasteiger partial charge in [0.25, 0.3) is 0 Å². The van der Waals surface area contributed by atoms with Gasteiger partial charge in [0.05, 0.1) is 0 Å². The van der Waals surface area contributed by atoms with E-state index in [4.69, 9.17) is 13.6 Å². The first-order chi connectivity index (χ1) is 13.6. The van der Waals surface area contributed by atoms with Crippen LogP contribution in [-0.2, 0) is 32.5 Å². The third kappa shape index (κ3) is 10.8. The summed E-state index contributed by atoms with van der Waals surface area (Å²) in [5, 5.41) is 0. The minimum atomic E-state index is -4.88. The molecule has 0 aromatic heterocycles. The van der Waals surface area contributed by atoms with Gasteiger partial charge in [-0.25, -0.2) is 14.4 Å². The van der Waals surface area contributed by atoms with Gasteiger partial charge in [0.2, 0.25) is 0 Å². The van der Waals surface area contributed by atoms with Crippen molar-refractivity contribution in [3.05, 3.63) is 36.5 Å². The molecule has 0 aromatic rings. The second kappa shape index (κ2) is 13.9. The van der Waals surface area contributed by atoms with E-state index < -0.39 is 25.7 Å². The molecule has 0 aliphatic rings. The van der Waals surface area contributed by atoms with Crippen molar-refractivity contribution in [2.45, 2.75) is 78.6 Å². The van der Waals surface area contributed by atoms with Gasteiger partial charge in [-0.1, -0.05) is 59.8 Å². The zero-order valence-electron chi connectivity index (χ0n) is 17.8. The van der Waals surface area contributed by atoms with Crippen LogP contribution in [0.3, 0.4) is 0 Å². The van der Waals surface area contributed by atoms with Crippen molar-refractivity contribution in [1.82, 2.24) is 0 Å². The third-order valence-electron chi connectivity index (χ3n) is 3.95. The van der Waals surface area contributed by atoms with Crippen molar-refractivity contribution < 1.29 is 32.5 Å². The van der Waals surface area contributed by atoms with Gasteiger partial charge in [0.1, 0.15) is 0 Å². The number of unbranched alkanes of at least 4 members (excludes halogenated alkanes) is 3. The van der Waals surface area contributed by atoms with Crippen molar-refractivity contribution >= 4 is 25.7 Å². The molecule has 0 saturated carbocycles. The summed E-state index contributed by atoms with van der Waals surface area (Å²) < 4.78 is 27.3. The molecule has 0 amide bonds. The normalized spacial score (nSPS) is 10.7. The molecule has 164 valence electrons. The summed E-state index contributed by atoms with van der Waals surface area (Å²) in [6.07, 6.45) is 5.35. The van der Waals surface area contributed by atoms with Gasteiger partial charge in [-0.2, -0.15) is 4.57 Å². The van der Waals surface area contributed by atoms with Crippen LogP contribution < -0.4 is 0 Å². The number of hydrogen-bond donors (Lipinski definition) is 0. The average molecular weight is 428 g/mol. The predicted molar refractivity (Wildman–Crippen MR) is 112 cm³/mol. The highest BCUT2D eigenvalue weighted by molar-refractivity contribution is 7.50. The molecule has 0 rings (SSSR count). The Morgan fingerprint density at radius 2 is 0.862 bits per heavy atom. The van der Waals surface area contributed by atoms with Crippen molar-refractivity contribution in [3.63, 3.8) is 0 Å². The lowest BCUT2D eigenvalue weighted by Gasteiger charge is -2.18. The Morgan fingerprint density at radius 3 is 1.07 bits per heavy atom. The Balaban J connectivity index is 5.37. The summed E-state index contributed by atoms with van der Waals surface area (Å²) in [5.41, 5.74) is 0.108. The lowest BCUT2D eigenvalue weighted by molar-refractivity contribution is -0.140. The monoisotopic (exact) mass is 428 g/mol. The molecular weight excluding hydrogens is 395 g/mol. The number of phosphoric acid groups is 1. The summed E-state index contributed by atoms with van der Waals surface area (Å²) in [5.74, 6) is -3.16. The first-order valence-corrected chi connectivity index (χ1v) is 11.4. The number of rotatable bonds is 15. The molecule has 7 nitrogen and oxygen atoms in total. The average Bonchev–Trinajstić information content (AvgIpc) is 2.67. The second-order valence-electron chi connectivity index (χ2n) is 6.70. The molecule has 0 spiro atoms. The molecule has 0 unspecified atom stereocenters. The number of carbonyl (C=O) groups is 3. The van der Waals surface area contributed by atoms with E-state index >= 15 is 0 Å². The van der Waals surface area contributed by atoms with Gasteiger partial charge in [0, 0.05) is 16.7 Å². The Hall–Kier alpha value is -2.14. The topological polar surface area (TPSA) is 96.0 Å². The molecule has 0 saturated heterocycles. The van der Waals surface area contributed by atoms with Crippen LogP contribution in [0.5, 0.6) is 0 Å². The summed E-state index contributed by atoms with van der Waals surface area (Å²) in [6, 6.07) is 0. The predicted octanol–water partition coefficient (Wildman–Crippen LogP) is 5.96. The molecule has 0 aromatic carbocycles. The van der Waals surface area contributed by atoms with Gasteiger partial charge in [-0.15, -0.1) is 0 Å². The van der Waals surface area contributed by atoms with Gasteiger partial charge < -0.3 is 13.6 Å². The van der Waals surface area contributed by atoms with E-state index in [1.165, 1.54) is 0 Å². The number of phosphoric ester groups is 1. The highest BCUT2D eigenvalue weighted by atomic mass is 31.2. The van der Waals surface area contributed by atoms with Crippen molar-refractivity contribution in [2.24, 2.45) is 0 Å². The second-order valence-corrected chi connectivity index (χ2v) is 8.15. The molecule has 0 aliphatic heterocycles. The van der Waals surface area contributed by atoms with E-state index in [2.05, 4.69) is 19.7 Å². The summed E-state index contributed by atoms with van der Waals surface area (Å²) >= 11 is 0. The summed E-state index contributed by atoms with van der Waals surface area (Å²) in [6.45, 7) is 16.5. The largest absolute Gasteiger partial charge is 0.654 e. The van der Waals surface area contributed by atoms with Crippen LogP contribution in [0.1, 0.15) is 78.6 Å². The SMILES string of the molecule is C=C(CCCC)C(=O)OP(=O)(OC(=O)C(=C)CCCC)OC(=O)C(=C)CCCC. The van der Waals surface area contributed by atoms with E-state index in [1.807, 2.05) is 20.8 Å². The van der Waals surface area contributed by atoms with Crippen molar-refractivity contribution in [1.29, 1.82) is 0 Å².